The molecule has 8 heteroatoms. The summed E-state index contributed by atoms with van der Waals surface area (Å²) in [5, 5.41) is 13.9. The van der Waals surface area contributed by atoms with Crippen LogP contribution >= 0.6 is 0 Å². The van der Waals surface area contributed by atoms with E-state index in [9.17, 15) is 18.5 Å². The van der Waals surface area contributed by atoms with Gasteiger partial charge in [-0.2, -0.15) is 0 Å². The zero-order valence-electron chi connectivity index (χ0n) is 12.0. The monoisotopic (exact) mass is 313 g/mol. The molecule has 0 radical (unpaired) electrons. The maximum absolute atomic E-state index is 12.3. The van der Waals surface area contributed by atoms with Crippen molar-refractivity contribution in [2.24, 2.45) is 0 Å². The first-order valence-electron chi connectivity index (χ1n) is 6.84. The van der Waals surface area contributed by atoms with Crippen LogP contribution in [0.2, 0.25) is 0 Å². The van der Waals surface area contributed by atoms with Crippen LogP contribution in [0.25, 0.3) is 0 Å². The molecule has 0 aliphatic heterocycles. The van der Waals surface area contributed by atoms with Crippen LogP contribution in [0.1, 0.15) is 33.1 Å². The molecule has 1 fully saturated rings. The van der Waals surface area contributed by atoms with Crippen molar-refractivity contribution in [1.29, 1.82) is 0 Å². The van der Waals surface area contributed by atoms with Gasteiger partial charge in [0, 0.05) is 18.2 Å². The fourth-order valence-electron chi connectivity index (χ4n) is 2.36. The molecular weight excluding hydrogens is 294 g/mol. The van der Waals surface area contributed by atoms with E-state index in [1.165, 1.54) is 12.1 Å². The van der Waals surface area contributed by atoms with Crippen LogP contribution < -0.4 is 10.0 Å². The number of nitrogens with zero attached hydrogens (tertiary/aromatic N) is 1. The number of hydrogen-bond donors (Lipinski definition) is 2. The molecule has 0 bridgehead atoms. The summed E-state index contributed by atoms with van der Waals surface area (Å²) in [6.45, 7) is 4.17. The fourth-order valence-corrected chi connectivity index (χ4v) is 3.85. The van der Waals surface area contributed by atoms with Crippen LogP contribution in [0.15, 0.2) is 23.1 Å². The molecule has 0 spiro atoms. The van der Waals surface area contributed by atoms with E-state index in [-0.39, 0.29) is 10.6 Å². The summed E-state index contributed by atoms with van der Waals surface area (Å²) in [7, 11) is -3.75. The summed E-state index contributed by atoms with van der Waals surface area (Å²) in [5.74, 6) is 0. The third-order valence-electron chi connectivity index (χ3n) is 3.68. The highest BCUT2D eigenvalue weighted by Crippen LogP contribution is 2.34. The molecule has 0 aromatic heterocycles. The van der Waals surface area contributed by atoms with Gasteiger partial charge >= 0.3 is 0 Å². The number of nitro groups is 1. The second-order valence-corrected chi connectivity index (χ2v) is 7.17. The van der Waals surface area contributed by atoms with Gasteiger partial charge in [0.05, 0.1) is 9.82 Å². The molecule has 7 nitrogen and oxygen atoms in total. The average Bonchev–Trinajstić information content (AvgIpc) is 2.36. The Bertz CT molecular complexity index is 653. The first-order chi connectivity index (χ1) is 9.77. The summed E-state index contributed by atoms with van der Waals surface area (Å²) in [6, 6.07) is 3.91. The van der Waals surface area contributed by atoms with Crippen LogP contribution in [-0.2, 0) is 10.0 Å². The highest BCUT2D eigenvalue weighted by Gasteiger charge is 2.36. The smallest absolute Gasteiger partial charge is 0.293 e. The molecule has 21 heavy (non-hydrogen) atoms. The van der Waals surface area contributed by atoms with E-state index in [1.54, 1.807) is 0 Å². The van der Waals surface area contributed by atoms with Crippen LogP contribution in [0.3, 0.4) is 0 Å². The van der Waals surface area contributed by atoms with E-state index in [4.69, 9.17) is 0 Å². The molecular formula is C13H19N3O4S. The summed E-state index contributed by atoms with van der Waals surface area (Å²) in [5.41, 5.74) is -0.358. The van der Waals surface area contributed by atoms with Gasteiger partial charge in [-0.15, -0.1) is 0 Å². The first kappa shape index (κ1) is 15.7. The zero-order valence-corrected chi connectivity index (χ0v) is 12.9. The Balaban J connectivity index is 2.35. The minimum atomic E-state index is -3.75. The quantitative estimate of drug-likeness (QED) is 0.619. The number of nitro benzene ring substituents is 1. The lowest BCUT2D eigenvalue weighted by Crippen LogP contribution is -2.50. The molecule has 1 aliphatic rings. The molecule has 1 saturated carbocycles. The molecule has 0 heterocycles. The van der Waals surface area contributed by atoms with Gasteiger partial charge in [0.15, 0.2) is 0 Å². The van der Waals surface area contributed by atoms with Gasteiger partial charge in [-0.25, -0.2) is 13.1 Å². The van der Waals surface area contributed by atoms with E-state index >= 15 is 0 Å². The van der Waals surface area contributed by atoms with Crippen LogP contribution in [0.5, 0.6) is 0 Å². The number of sulfonamides is 1. The van der Waals surface area contributed by atoms with E-state index in [1.807, 2.05) is 13.8 Å². The van der Waals surface area contributed by atoms with Crippen LogP contribution in [0.4, 0.5) is 11.4 Å². The zero-order chi connectivity index (χ0) is 15.7. The SMILES string of the molecule is CCNc1ccc(S(=O)(=O)NC2(C)CCC2)cc1[N+](=O)[O-]. The standard InChI is InChI=1S/C13H19N3O4S/c1-3-14-11-6-5-10(9-12(11)16(17)18)21(19,20)15-13(2)7-4-8-13/h5-6,9,14-15H,3-4,7-8H2,1-2H3. The predicted octanol–water partition coefficient (Wildman–Crippen LogP) is 2.25. The van der Waals surface area contributed by atoms with E-state index in [2.05, 4.69) is 10.0 Å². The molecule has 0 atom stereocenters. The molecule has 0 saturated heterocycles. The van der Waals surface area contributed by atoms with Crippen molar-refractivity contribution in [3.05, 3.63) is 28.3 Å². The molecule has 1 aromatic carbocycles. The summed E-state index contributed by atoms with van der Waals surface area (Å²) < 4.78 is 27.3. The Hall–Kier alpha value is -1.67. The van der Waals surface area contributed by atoms with Gasteiger partial charge in [-0.3, -0.25) is 10.1 Å². The van der Waals surface area contributed by atoms with Gasteiger partial charge in [-0.1, -0.05) is 0 Å². The summed E-state index contributed by atoms with van der Waals surface area (Å²) in [4.78, 5) is 10.4. The number of hydrogen-bond acceptors (Lipinski definition) is 5. The second-order valence-electron chi connectivity index (χ2n) is 5.49. The lowest BCUT2D eigenvalue weighted by Gasteiger charge is -2.38. The lowest BCUT2D eigenvalue weighted by atomic mass is 9.80. The summed E-state index contributed by atoms with van der Waals surface area (Å²) in [6.07, 6.45) is 2.55. The number of benzene rings is 1. The Morgan fingerprint density at radius 3 is 2.52 bits per heavy atom. The predicted molar refractivity (Wildman–Crippen MR) is 79.8 cm³/mol. The number of anilines is 1. The topological polar surface area (TPSA) is 101 Å². The number of rotatable bonds is 6. The molecule has 2 rings (SSSR count). The first-order valence-corrected chi connectivity index (χ1v) is 8.32. The Kier molecular flexibility index (Phi) is 4.20. The van der Waals surface area contributed by atoms with Crippen molar-refractivity contribution < 1.29 is 13.3 Å². The molecule has 116 valence electrons. The fraction of sp³-hybridized carbons (Fsp3) is 0.538. The van der Waals surface area contributed by atoms with E-state index in [0.717, 1.165) is 25.3 Å². The molecule has 2 N–H and O–H groups in total. The Morgan fingerprint density at radius 2 is 2.05 bits per heavy atom. The van der Waals surface area contributed by atoms with Crippen LogP contribution in [-0.4, -0.2) is 25.4 Å². The maximum atomic E-state index is 12.3. The molecule has 0 amide bonds. The third-order valence-corrected chi connectivity index (χ3v) is 5.32. The van der Waals surface area contributed by atoms with Crippen molar-refractivity contribution >= 4 is 21.4 Å². The molecule has 1 aliphatic carbocycles. The van der Waals surface area contributed by atoms with Crippen LogP contribution in [0, 0.1) is 10.1 Å². The molecule has 0 unspecified atom stereocenters. The minimum Gasteiger partial charge on any atom is -0.380 e. The van der Waals surface area contributed by atoms with E-state index < -0.39 is 20.5 Å². The van der Waals surface area contributed by atoms with Gasteiger partial charge in [-0.05, 0) is 45.2 Å². The Morgan fingerprint density at radius 1 is 1.38 bits per heavy atom. The number of nitrogens with one attached hydrogen (secondary N) is 2. The van der Waals surface area contributed by atoms with Crippen molar-refractivity contribution in [2.75, 3.05) is 11.9 Å². The van der Waals surface area contributed by atoms with Gasteiger partial charge in [0.1, 0.15) is 5.69 Å². The average molecular weight is 313 g/mol. The second kappa shape index (κ2) is 5.61. The highest BCUT2D eigenvalue weighted by molar-refractivity contribution is 7.89. The Labute approximate surface area is 123 Å². The largest absolute Gasteiger partial charge is 0.380 e. The van der Waals surface area contributed by atoms with E-state index in [0.29, 0.717) is 12.2 Å². The van der Waals surface area contributed by atoms with Gasteiger partial charge < -0.3 is 5.32 Å². The van der Waals surface area contributed by atoms with Crippen molar-refractivity contribution in [3.8, 4) is 0 Å². The van der Waals surface area contributed by atoms with Crippen molar-refractivity contribution in [1.82, 2.24) is 4.72 Å². The van der Waals surface area contributed by atoms with Crippen molar-refractivity contribution in [2.45, 2.75) is 43.5 Å². The highest BCUT2D eigenvalue weighted by atomic mass is 32.2. The van der Waals surface area contributed by atoms with Crippen molar-refractivity contribution in [3.63, 3.8) is 0 Å². The summed E-state index contributed by atoms with van der Waals surface area (Å²) >= 11 is 0. The lowest BCUT2D eigenvalue weighted by molar-refractivity contribution is -0.384. The normalized spacial score (nSPS) is 17.0. The third kappa shape index (κ3) is 3.33. The van der Waals surface area contributed by atoms with Gasteiger partial charge in [0.2, 0.25) is 10.0 Å². The molecule has 1 aromatic rings. The minimum absolute atomic E-state index is 0.0796. The maximum Gasteiger partial charge on any atom is 0.293 e. The van der Waals surface area contributed by atoms with Gasteiger partial charge in [0.25, 0.3) is 5.69 Å².